The number of anilines is 3. The molecule has 1 unspecified atom stereocenters. The van der Waals surface area contributed by atoms with Crippen molar-refractivity contribution in [2.45, 2.75) is 31.6 Å². The van der Waals surface area contributed by atoms with Crippen LogP contribution in [0, 0.1) is 11.3 Å². The second-order valence-corrected chi connectivity index (χ2v) is 8.50. The molecule has 2 aromatic rings. The molecule has 1 heterocycles. The van der Waals surface area contributed by atoms with Gasteiger partial charge in [-0.25, -0.2) is 18.5 Å². The minimum Gasteiger partial charge on any atom is -0.369 e. The summed E-state index contributed by atoms with van der Waals surface area (Å²) in [7, 11) is -3.72. The van der Waals surface area contributed by atoms with Crippen LogP contribution in [-0.2, 0) is 10.0 Å². The van der Waals surface area contributed by atoms with Crippen LogP contribution in [0.15, 0.2) is 39.8 Å². The minimum atomic E-state index is -3.72. The summed E-state index contributed by atoms with van der Waals surface area (Å²) in [6, 6.07) is 6.02. The van der Waals surface area contributed by atoms with Crippen molar-refractivity contribution in [3.05, 3.63) is 34.9 Å². The van der Waals surface area contributed by atoms with Crippen LogP contribution in [-0.4, -0.2) is 30.6 Å². The molecule has 10 heteroatoms. The largest absolute Gasteiger partial charge is 0.369 e. The highest BCUT2D eigenvalue weighted by Gasteiger charge is 2.11. The maximum absolute atomic E-state index is 11.3. The van der Waals surface area contributed by atoms with Gasteiger partial charge in [-0.3, -0.25) is 0 Å². The van der Waals surface area contributed by atoms with Crippen LogP contribution in [0.2, 0.25) is 0 Å². The smallest absolute Gasteiger partial charge is 0.238 e. The van der Waals surface area contributed by atoms with Crippen molar-refractivity contribution in [3.8, 4) is 0 Å². The van der Waals surface area contributed by atoms with E-state index in [0.717, 1.165) is 17.3 Å². The highest BCUT2D eigenvalue weighted by atomic mass is 79.9. The van der Waals surface area contributed by atoms with Crippen molar-refractivity contribution in [1.82, 2.24) is 9.97 Å². The molecule has 0 amide bonds. The molecule has 0 saturated heterocycles. The third-order valence-corrected chi connectivity index (χ3v) is 5.58. The Morgan fingerprint density at radius 1 is 1.33 bits per heavy atom. The molecule has 1 atom stereocenters. The van der Waals surface area contributed by atoms with E-state index in [4.69, 9.17) is 10.5 Å². The maximum Gasteiger partial charge on any atom is 0.238 e. The Kier molecular flexibility index (Phi) is 7.28. The number of nitrogens with two attached hydrogens (primary N) is 1. The van der Waals surface area contributed by atoms with Crippen LogP contribution >= 0.6 is 15.9 Å². The predicted molar refractivity (Wildman–Crippen MR) is 111 cm³/mol. The lowest BCUT2D eigenvalue weighted by Crippen LogP contribution is -2.15. The van der Waals surface area contributed by atoms with Crippen LogP contribution in [0.25, 0.3) is 0 Å². The zero-order valence-electron chi connectivity index (χ0n) is 15.2. The van der Waals surface area contributed by atoms with Crippen molar-refractivity contribution in [3.63, 3.8) is 0 Å². The minimum absolute atomic E-state index is 0.0408. The van der Waals surface area contributed by atoms with Gasteiger partial charge >= 0.3 is 0 Å². The number of nitrogens with one attached hydrogen (secondary N) is 3. The number of aromatic nitrogens is 2. The van der Waals surface area contributed by atoms with Crippen molar-refractivity contribution >= 4 is 49.1 Å². The Balaban J connectivity index is 2.05. The van der Waals surface area contributed by atoms with Crippen molar-refractivity contribution in [2.75, 3.05) is 17.2 Å². The standard InChI is InChI=1S/C17H23BrN6O2S/c1-3-12(11(2)19)8-9-21-16-15(18)10-22-17(24-16)23-13-4-6-14(7-5-13)27(20,25)26/h4-7,10,12,19H,3,8-9H2,1-2H3,(H2,20,25,26)(H2,21,22,23,24). The normalized spacial score (nSPS) is 12.4. The maximum atomic E-state index is 11.3. The van der Waals surface area contributed by atoms with E-state index in [1.807, 2.05) is 6.92 Å². The number of benzene rings is 1. The van der Waals surface area contributed by atoms with E-state index in [0.29, 0.717) is 29.7 Å². The summed E-state index contributed by atoms with van der Waals surface area (Å²) in [5.74, 6) is 1.28. The molecule has 0 aliphatic heterocycles. The fourth-order valence-electron chi connectivity index (χ4n) is 2.50. The molecule has 2 rings (SSSR count). The highest BCUT2D eigenvalue weighted by Crippen LogP contribution is 2.23. The SMILES string of the molecule is CCC(CCNc1nc(Nc2ccc(S(N)(=O)=O)cc2)ncc1Br)C(C)=N. The van der Waals surface area contributed by atoms with Gasteiger partial charge in [0.25, 0.3) is 0 Å². The van der Waals surface area contributed by atoms with Crippen molar-refractivity contribution < 1.29 is 8.42 Å². The Morgan fingerprint density at radius 2 is 2.00 bits per heavy atom. The average Bonchev–Trinajstić information content (AvgIpc) is 2.60. The van der Waals surface area contributed by atoms with E-state index in [9.17, 15) is 8.42 Å². The number of nitrogens with zero attached hydrogens (tertiary/aromatic N) is 2. The van der Waals surface area contributed by atoms with Gasteiger partial charge in [0.2, 0.25) is 16.0 Å². The zero-order valence-corrected chi connectivity index (χ0v) is 17.6. The lowest BCUT2D eigenvalue weighted by Gasteiger charge is -2.15. The predicted octanol–water partition coefficient (Wildman–Crippen LogP) is 3.50. The Morgan fingerprint density at radius 3 is 2.56 bits per heavy atom. The van der Waals surface area contributed by atoms with Crippen LogP contribution in [0.5, 0.6) is 0 Å². The molecule has 0 bridgehead atoms. The summed E-state index contributed by atoms with van der Waals surface area (Å²) in [4.78, 5) is 8.68. The lowest BCUT2D eigenvalue weighted by molar-refractivity contribution is 0.598. The molecule has 0 fully saturated rings. The Hall–Kier alpha value is -2.04. The van der Waals surface area contributed by atoms with E-state index in [1.165, 1.54) is 12.1 Å². The van der Waals surface area contributed by atoms with Gasteiger partial charge in [0.05, 0.1) is 9.37 Å². The van der Waals surface area contributed by atoms with Gasteiger partial charge in [-0.1, -0.05) is 6.92 Å². The third-order valence-electron chi connectivity index (χ3n) is 4.07. The number of halogens is 1. The fraction of sp³-hybridized carbons (Fsp3) is 0.353. The van der Waals surface area contributed by atoms with Crippen molar-refractivity contribution in [2.24, 2.45) is 11.1 Å². The van der Waals surface area contributed by atoms with Gasteiger partial charge < -0.3 is 16.0 Å². The molecule has 0 saturated carbocycles. The van der Waals surface area contributed by atoms with Crippen LogP contribution in [0.1, 0.15) is 26.7 Å². The second-order valence-electron chi connectivity index (χ2n) is 6.09. The molecular formula is C17H23BrN6O2S. The fourth-order valence-corrected chi connectivity index (χ4v) is 3.35. The summed E-state index contributed by atoms with van der Waals surface area (Å²) in [5.41, 5.74) is 1.33. The summed E-state index contributed by atoms with van der Waals surface area (Å²) in [6.45, 7) is 4.59. The van der Waals surface area contributed by atoms with Crippen LogP contribution in [0.3, 0.4) is 0 Å². The van der Waals surface area contributed by atoms with E-state index in [1.54, 1.807) is 18.3 Å². The highest BCUT2D eigenvalue weighted by molar-refractivity contribution is 9.10. The van der Waals surface area contributed by atoms with Gasteiger partial charge in [-0.15, -0.1) is 0 Å². The lowest BCUT2D eigenvalue weighted by atomic mass is 9.98. The van der Waals surface area contributed by atoms with E-state index < -0.39 is 10.0 Å². The van der Waals surface area contributed by atoms with Gasteiger partial charge in [0.15, 0.2) is 0 Å². The van der Waals surface area contributed by atoms with Crippen molar-refractivity contribution in [1.29, 1.82) is 5.41 Å². The number of hydrogen-bond donors (Lipinski definition) is 4. The second kappa shape index (κ2) is 9.25. The molecule has 146 valence electrons. The third kappa shape index (κ3) is 6.26. The van der Waals surface area contributed by atoms with Gasteiger partial charge in [-0.05, 0) is 65.9 Å². The van der Waals surface area contributed by atoms with E-state index in [2.05, 4.69) is 43.5 Å². The first-order valence-corrected chi connectivity index (χ1v) is 10.8. The number of rotatable bonds is 9. The number of primary sulfonamides is 1. The zero-order chi connectivity index (χ0) is 20.0. The molecule has 0 radical (unpaired) electrons. The molecule has 0 aliphatic carbocycles. The average molecular weight is 455 g/mol. The Bertz CT molecular complexity index is 902. The first-order chi connectivity index (χ1) is 12.7. The van der Waals surface area contributed by atoms with Crippen LogP contribution in [0.4, 0.5) is 17.5 Å². The topological polar surface area (TPSA) is 134 Å². The molecule has 8 nitrogen and oxygen atoms in total. The molecular weight excluding hydrogens is 432 g/mol. The molecule has 27 heavy (non-hydrogen) atoms. The quantitative estimate of drug-likeness (QED) is 0.428. The van der Waals surface area contributed by atoms with Gasteiger partial charge in [0, 0.05) is 24.1 Å². The Labute approximate surface area is 167 Å². The van der Waals surface area contributed by atoms with E-state index >= 15 is 0 Å². The van der Waals surface area contributed by atoms with E-state index in [-0.39, 0.29) is 10.8 Å². The summed E-state index contributed by atoms with van der Waals surface area (Å²) in [6.07, 6.45) is 3.42. The first kappa shape index (κ1) is 21.3. The number of sulfonamides is 1. The van der Waals surface area contributed by atoms with Crippen LogP contribution < -0.4 is 15.8 Å². The summed E-state index contributed by atoms with van der Waals surface area (Å²) >= 11 is 3.42. The summed E-state index contributed by atoms with van der Waals surface area (Å²) < 4.78 is 23.3. The molecule has 0 spiro atoms. The monoisotopic (exact) mass is 454 g/mol. The van der Waals surface area contributed by atoms with Gasteiger partial charge in [-0.2, -0.15) is 4.98 Å². The number of hydrogen-bond acceptors (Lipinski definition) is 7. The molecule has 1 aromatic heterocycles. The molecule has 0 aliphatic rings. The summed E-state index contributed by atoms with van der Waals surface area (Å²) in [5, 5.41) is 19.1. The molecule has 1 aromatic carbocycles. The van der Waals surface area contributed by atoms with Gasteiger partial charge in [0.1, 0.15) is 5.82 Å². The first-order valence-electron chi connectivity index (χ1n) is 8.42. The molecule has 5 N–H and O–H groups in total.